The van der Waals surface area contributed by atoms with E-state index in [9.17, 15) is 0 Å². The molecule has 0 amide bonds. The van der Waals surface area contributed by atoms with Crippen LogP contribution < -0.4 is 5.32 Å². The van der Waals surface area contributed by atoms with Crippen molar-refractivity contribution in [1.82, 2.24) is 20.1 Å². The smallest absolute Gasteiger partial charge is 0.193 e. The molecule has 0 aromatic carbocycles. The lowest BCUT2D eigenvalue weighted by molar-refractivity contribution is 0.179. The molecular formula is C18H31N5S. The fourth-order valence-electron chi connectivity index (χ4n) is 3.61. The van der Waals surface area contributed by atoms with Gasteiger partial charge in [0, 0.05) is 38.1 Å². The summed E-state index contributed by atoms with van der Waals surface area (Å²) >= 11 is 1.75. The molecule has 0 spiro atoms. The normalized spacial score (nSPS) is 20.8. The zero-order valence-electron chi connectivity index (χ0n) is 15.1. The zero-order valence-corrected chi connectivity index (χ0v) is 15.9. The molecular weight excluding hydrogens is 318 g/mol. The fraction of sp³-hybridized carbons (Fsp3) is 0.778. The van der Waals surface area contributed by atoms with Crippen molar-refractivity contribution in [3.8, 4) is 0 Å². The number of aliphatic imine (C=N–C) groups is 1. The van der Waals surface area contributed by atoms with Gasteiger partial charge in [-0.3, -0.25) is 9.89 Å². The van der Waals surface area contributed by atoms with Crippen LogP contribution in [0.2, 0.25) is 0 Å². The molecule has 2 saturated heterocycles. The lowest BCUT2D eigenvalue weighted by Gasteiger charge is -2.31. The summed E-state index contributed by atoms with van der Waals surface area (Å²) < 4.78 is 0. The number of nitrogens with one attached hydrogen (secondary N) is 1. The summed E-state index contributed by atoms with van der Waals surface area (Å²) in [6, 6.07) is 0. The van der Waals surface area contributed by atoms with Gasteiger partial charge in [-0.25, -0.2) is 4.98 Å². The standard InChI is InChI=1S/C18H31N5S/c1-3-19-18(23-8-4-5-9-23)20-12-16-6-10-22(11-7-16)13-17-14-24-15(2)21-17/h14,16H,3-13H2,1-2H3,(H,19,20). The van der Waals surface area contributed by atoms with Gasteiger partial charge < -0.3 is 10.2 Å². The third-order valence-corrected chi connectivity index (χ3v) is 5.82. The highest BCUT2D eigenvalue weighted by Crippen LogP contribution is 2.20. The van der Waals surface area contributed by atoms with E-state index in [-0.39, 0.29) is 0 Å². The molecule has 6 heteroatoms. The van der Waals surface area contributed by atoms with Crippen molar-refractivity contribution in [1.29, 1.82) is 0 Å². The minimum Gasteiger partial charge on any atom is -0.357 e. The second-order valence-corrected chi connectivity index (χ2v) is 8.03. The van der Waals surface area contributed by atoms with E-state index >= 15 is 0 Å². The fourth-order valence-corrected chi connectivity index (χ4v) is 4.21. The van der Waals surface area contributed by atoms with Gasteiger partial charge in [0.2, 0.25) is 0 Å². The number of aryl methyl sites for hydroxylation is 1. The van der Waals surface area contributed by atoms with Gasteiger partial charge in [0.1, 0.15) is 0 Å². The first-order chi connectivity index (χ1) is 11.7. The summed E-state index contributed by atoms with van der Waals surface area (Å²) in [5, 5.41) is 6.84. The van der Waals surface area contributed by atoms with Crippen LogP contribution in [0, 0.1) is 12.8 Å². The summed E-state index contributed by atoms with van der Waals surface area (Å²) in [4.78, 5) is 14.5. The number of aromatic nitrogens is 1. The average Bonchev–Trinajstić information content (AvgIpc) is 3.25. The van der Waals surface area contributed by atoms with Crippen LogP contribution in [0.3, 0.4) is 0 Å². The molecule has 5 nitrogen and oxygen atoms in total. The molecule has 1 aromatic heterocycles. The summed E-state index contributed by atoms with van der Waals surface area (Å²) in [6.45, 7) is 11.9. The van der Waals surface area contributed by atoms with E-state index in [0.717, 1.165) is 44.6 Å². The maximum Gasteiger partial charge on any atom is 0.193 e. The van der Waals surface area contributed by atoms with Crippen LogP contribution in [0.25, 0.3) is 0 Å². The Balaban J connectivity index is 1.44. The lowest BCUT2D eigenvalue weighted by atomic mass is 9.97. The first kappa shape index (κ1) is 17.7. The minimum absolute atomic E-state index is 0.731. The van der Waals surface area contributed by atoms with Crippen molar-refractivity contribution in [3.05, 3.63) is 16.1 Å². The molecule has 0 saturated carbocycles. The molecule has 0 aliphatic carbocycles. The summed E-state index contributed by atoms with van der Waals surface area (Å²) in [7, 11) is 0. The van der Waals surface area contributed by atoms with E-state index in [2.05, 4.69) is 39.3 Å². The second-order valence-electron chi connectivity index (χ2n) is 6.97. The Kier molecular flexibility index (Phi) is 6.49. The molecule has 134 valence electrons. The average molecular weight is 350 g/mol. The molecule has 1 N–H and O–H groups in total. The van der Waals surface area contributed by atoms with Crippen LogP contribution >= 0.6 is 11.3 Å². The number of thiazole rings is 1. The monoisotopic (exact) mass is 349 g/mol. The number of guanidine groups is 1. The van der Waals surface area contributed by atoms with Gasteiger partial charge in [-0.15, -0.1) is 11.3 Å². The Bertz CT molecular complexity index is 527. The summed E-state index contributed by atoms with van der Waals surface area (Å²) in [6.07, 6.45) is 5.12. The third-order valence-electron chi connectivity index (χ3n) is 5.00. The first-order valence-corrected chi connectivity index (χ1v) is 10.3. The minimum atomic E-state index is 0.731. The Morgan fingerprint density at radius 3 is 2.67 bits per heavy atom. The molecule has 2 aliphatic rings. The summed E-state index contributed by atoms with van der Waals surface area (Å²) in [5.74, 6) is 1.87. The van der Waals surface area contributed by atoms with Crippen LogP contribution in [0.5, 0.6) is 0 Å². The maximum atomic E-state index is 4.93. The van der Waals surface area contributed by atoms with E-state index in [1.165, 1.54) is 49.5 Å². The number of likely N-dealkylation sites (tertiary alicyclic amines) is 2. The quantitative estimate of drug-likeness (QED) is 0.656. The predicted molar refractivity (Wildman–Crippen MR) is 102 cm³/mol. The van der Waals surface area contributed by atoms with Crippen molar-refractivity contribution in [2.75, 3.05) is 39.3 Å². The van der Waals surface area contributed by atoms with E-state index < -0.39 is 0 Å². The Labute approximate surface area is 150 Å². The topological polar surface area (TPSA) is 43.8 Å². The number of nitrogens with zero attached hydrogens (tertiary/aromatic N) is 4. The molecule has 0 unspecified atom stereocenters. The lowest BCUT2D eigenvalue weighted by Crippen LogP contribution is -2.40. The van der Waals surface area contributed by atoms with E-state index in [4.69, 9.17) is 4.99 Å². The van der Waals surface area contributed by atoms with Crippen LogP contribution in [0.15, 0.2) is 10.4 Å². The molecule has 0 bridgehead atoms. The maximum absolute atomic E-state index is 4.93. The van der Waals surface area contributed by atoms with E-state index in [0.29, 0.717) is 0 Å². The van der Waals surface area contributed by atoms with Crippen LogP contribution in [0.4, 0.5) is 0 Å². The van der Waals surface area contributed by atoms with Crippen molar-refractivity contribution in [2.24, 2.45) is 10.9 Å². The Hall–Kier alpha value is -1.14. The molecule has 1 aromatic rings. The number of rotatable bonds is 5. The largest absolute Gasteiger partial charge is 0.357 e. The zero-order chi connectivity index (χ0) is 16.8. The SMILES string of the molecule is CCNC(=NCC1CCN(Cc2csc(C)n2)CC1)N1CCCC1. The van der Waals surface area contributed by atoms with Gasteiger partial charge in [0.05, 0.1) is 10.7 Å². The molecule has 2 aliphatic heterocycles. The molecule has 24 heavy (non-hydrogen) atoms. The summed E-state index contributed by atoms with van der Waals surface area (Å²) in [5.41, 5.74) is 1.23. The Morgan fingerprint density at radius 2 is 2.04 bits per heavy atom. The highest BCUT2D eigenvalue weighted by atomic mass is 32.1. The Morgan fingerprint density at radius 1 is 1.29 bits per heavy atom. The van der Waals surface area contributed by atoms with Crippen LogP contribution in [-0.4, -0.2) is 60.0 Å². The molecule has 3 heterocycles. The second kappa shape index (κ2) is 8.81. The van der Waals surface area contributed by atoms with Crippen molar-refractivity contribution >= 4 is 17.3 Å². The van der Waals surface area contributed by atoms with Crippen molar-refractivity contribution in [2.45, 2.75) is 46.1 Å². The van der Waals surface area contributed by atoms with Gasteiger partial charge in [0.15, 0.2) is 5.96 Å². The molecule has 0 atom stereocenters. The van der Waals surface area contributed by atoms with Crippen LogP contribution in [0.1, 0.15) is 43.3 Å². The molecule has 0 radical (unpaired) electrons. The van der Waals surface area contributed by atoms with Crippen molar-refractivity contribution in [3.63, 3.8) is 0 Å². The van der Waals surface area contributed by atoms with E-state index in [1.807, 2.05) is 0 Å². The van der Waals surface area contributed by atoms with Gasteiger partial charge >= 0.3 is 0 Å². The number of piperidine rings is 1. The first-order valence-electron chi connectivity index (χ1n) is 9.41. The third kappa shape index (κ3) is 4.93. The predicted octanol–water partition coefficient (Wildman–Crippen LogP) is 2.72. The van der Waals surface area contributed by atoms with Gasteiger partial charge in [-0.1, -0.05) is 0 Å². The number of hydrogen-bond acceptors (Lipinski definition) is 4. The number of hydrogen-bond donors (Lipinski definition) is 1. The van der Waals surface area contributed by atoms with Gasteiger partial charge in [-0.05, 0) is 58.5 Å². The highest BCUT2D eigenvalue weighted by Gasteiger charge is 2.21. The van der Waals surface area contributed by atoms with Crippen molar-refractivity contribution < 1.29 is 0 Å². The molecule has 3 rings (SSSR count). The van der Waals surface area contributed by atoms with Gasteiger partial charge in [0.25, 0.3) is 0 Å². The highest BCUT2D eigenvalue weighted by molar-refractivity contribution is 7.09. The van der Waals surface area contributed by atoms with Crippen LogP contribution in [-0.2, 0) is 6.54 Å². The van der Waals surface area contributed by atoms with E-state index in [1.54, 1.807) is 11.3 Å². The molecule has 2 fully saturated rings. The van der Waals surface area contributed by atoms with Gasteiger partial charge in [-0.2, -0.15) is 0 Å².